The number of fused-ring (bicyclic) bond motifs is 2. The highest BCUT2D eigenvalue weighted by Gasteiger charge is 2.57. The van der Waals surface area contributed by atoms with Crippen molar-refractivity contribution in [2.24, 2.45) is 5.92 Å². The predicted octanol–water partition coefficient (Wildman–Crippen LogP) is 2.15. The molecule has 2 fully saturated rings. The van der Waals surface area contributed by atoms with Gasteiger partial charge in [0.25, 0.3) is 0 Å². The number of carbonyl (C=O) groups excluding carboxylic acids is 2. The minimum atomic E-state index is 0.0266. The van der Waals surface area contributed by atoms with Gasteiger partial charge in [0.2, 0.25) is 5.91 Å². The van der Waals surface area contributed by atoms with E-state index in [1.54, 1.807) is 6.92 Å². The summed E-state index contributed by atoms with van der Waals surface area (Å²) in [4.78, 5) is 27.7. The van der Waals surface area contributed by atoms with E-state index in [1.807, 2.05) is 9.80 Å². The summed E-state index contributed by atoms with van der Waals surface area (Å²) >= 11 is 0. The number of amides is 3. The second-order valence-electron chi connectivity index (χ2n) is 7.75. The van der Waals surface area contributed by atoms with Crippen LogP contribution in [0.2, 0.25) is 0 Å². The second kappa shape index (κ2) is 6.36. The van der Waals surface area contributed by atoms with Gasteiger partial charge in [-0.05, 0) is 42.7 Å². The summed E-state index contributed by atoms with van der Waals surface area (Å²) < 4.78 is 0. The maximum Gasteiger partial charge on any atom is 0.317 e. The van der Waals surface area contributed by atoms with Gasteiger partial charge in [-0.2, -0.15) is 0 Å². The Hall–Kier alpha value is -2.04. The van der Waals surface area contributed by atoms with Crippen molar-refractivity contribution in [1.29, 1.82) is 0 Å². The smallest absolute Gasteiger partial charge is 0.317 e. The molecule has 5 heteroatoms. The van der Waals surface area contributed by atoms with Gasteiger partial charge in [-0.15, -0.1) is 0 Å². The lowest BCUT2D eigenvalue weighted by atomic mass is 9.95. The average molecular weight is 341 g/mol. The number of urea groups is 1. The van der Waals surface area contributed by atoms with E-state index in [2.05, 4.69) is 29.6 Å². The minimum Gasteiger partial charge on any atom is -0.341 e. The van der Waals surface area contributed by atoms with E-state index in [-0.39, 0.29) is 11.9 Å². The molecule has 2 atom stereocenters. The first-order valence-electron chi connectivity index (χ1n) is 9.47. The third kappa shape index (κ3) is 3.00. The molecule has 1 saturated heterocycles. The average Bonchev–Trinajstić information content (AvgIpc) is 3.27. The lowest BCUT2D eigenvalue weighted by Gasteiger charge is -2.22. The summed E-state index contributed by atoms with van der Waals surface area (Å²) in [5, 5.41) is 3.15. The third-order valence-corrected chi connectivity index (χ3v) is 6.35. The van der Waals surface area contributed by atoms with Gasteiger partial charge in [0.05, 0.1) is 0 Å². The zero-order valence-electron chi connectivity index (χ0n) is 15.0. The van der Waals surface area contributed by atoms with Gasteiger partial charge in [0.1, 0.15) is 0 Å². The van der Waals surface area contributed by atoms with Crippen molar-refractivity contribution in [3.63, 3.8) is 0 Å². The van der Waals surface area contributed by atoms with Crippen LogP contribution in [0.3, 0.4) is 0 Å². The summed E-state index contributed by atoms with van der Waals surface area (Å²) in [5.74, 6) is 0.669. The molecule has 5 nitrogen and oxygen atoms in total. The molecular weight excluding hydrogens is 314 g/mol. The fraction of sp³-hybridized carbons (Fsp3) is 0.600. The van der Waals surface area contributed by atoms with Crippen molar-refractivity contribution in [3.05, 3.63) is 35.4 Å². The number of rotatable bonds is 2. The molecule has 1 aliphatic heterocycles. The molecule has 4 rings (SSSR count). The normalized spacial score (nSPS) is 27.8. The Morgan fingerprint density at radius 2 is 1.92 bits per heavy atom. The van der Waals surface area contributed by atoms with Gasteiger partial charge < -0.3 is 15.1 Å². The first-order valence-corrected chi connectivity index (χ1v) is 9.47. The quantitative estimate of drug-likeness (QED) is 0.896. The molecule has 1 heterocycles. The van der Waals surface area contributed by atoms with Crippen LogP contribution in [0.25, 0.3) is 0 Å². The van der Waals surface area contributed by atoms with Crippen LogP contribution in [0.15, 0.2) is 24.3 Å². The minimum absolute atomic E-state index is 0.0266. The van der Waals surface area contributed by atoms with E-state index in [0.717, 1.165) is 26.1 Å². The molecule has 2 unspecified atom stereocenters. The molecule has 1 aromatic carbocycles. The number of nitrogens with zero attached hydrogens (tertiary/aromatic N) is 2. The number of nitrogens with one attached hydrogen (secondary N) is 1. The molecule has 1 spiro atoms. The highest BCUT2D eigenvalue weighted by atomic mass is 16.2. The van der Waals surface area contributed by atoms with Crippen molar-refractivity contribution in [3.8, 4) is 0 Å². The summed E-state index contributed by atoms with van der Waals surface area (Å²) in [7, 11) is 0. The van der Waals surface area contributed by atoms with Crippen molar-refractivity contribution >= 4 is 11.9 Å². The monoisotopic (exact) mass is 341 g/mol. The molecule has 3 amide bonds. The van der Waals surface area contributed by atoms with E-state index in [9.17, 15) is 9.59 Å². The van der Waals surface area contributed by atoms with E-state index in [4.69, 9.17) is 0 Å². The van der Waals surface area contributed by atoms with Crippen LogP contribution in [0, 0.1) is 5.92 Å². The largest absolute Gasteiger partial charge is 0.341 e. The second-order valence-corrected chi connectivity index (χ2v) is 7.75. The fourth-order valence-electron chi connectivity index (χ4n) is 4.76. The van der Waals surface area contributed by atoms with Gasteiger partial charge in [0, 0.05) is 45.1 Å². The van der Waals surface area contributed by atoms with Crippen LogP contribution in [-0.4, -0.2) is 54.5 Å². The number of carbonyl (C=O) groups is 2. The lowest BCUT2D eigenvalue weighted by Crippen LogP contribution is -2.43. The maximum absolute atomic E-state index is 12.5. The standard InChI is InChI=1S/C20H27N3O2/c1-15(24)22-9-4-10-23(12-11-22)19(25)21-14-17-13-20(17)8-7-16-5-2-3-6-18(16)20/h2-3,5-6,17H,4,7-14H2,1H3,(H,21,25). The van der Waals surface area contributed by atoms with E-state index < -0.39 is 0 Å². The molecule has 1 aromatic rings. The third-order valence-electron chi connectivity index (χ3n) is 6.35. The maximum atomic E-state index is 12.5. The zero-order valence-corrected chi connectivity index (χ0v) is 15.0. The molecule has 0 bridgehead atoms. The topological polar surface area (TPSA) is 52.7 Å². The number of aryl methyl sites for hydroxylation is 1. The van der Waals surface area contributed by atoms with Gasteiger partial charge >= 0.3 is 6.03 Å². The summed E-state index contributed by atoms with van der Waals surface area (Å²) in [6, 6.07) is 8.81. The Bertz CT molecular complexity index is 689. The fourth-order valence-corrected chi connectivity index (χ4v) is 4.76. The molecule has 0 radical (unpaired) electrons. The molecule has 25 heavy (non-hydrogen) atoms. The van der Waals surface area contributed by atoms with Gasteiger partial charge in [-0.3, -0.25) is 4.79 Å². The van der Waals surface area contributed by atoms with Gasteiger partial charge in [0.15, 0.2) is 0 Å². The number of hydrogen-bond donors (Lipinski definition) is 1. The Balaban J connectivity index is 1.30. The predicted molar refractivity (Wildman–Crippen MR) is 96.4 cm³/mol. The number of benzene rings is 1. The van der Waals surface area contributed by atoms with Crippen LogP contribution >= 0.6 is 0 Å². The van der Waals surface area contributed by atoms with Gasteiger partial charge in [-0.1, -0.05) is 24.3 Å². The highest BCUT2D eigenvalue weighted by molar-refractivity contribution is 5.75. The molecule has 0 aromatic heterocycles. The van der Waals surface area contributed by atoms with Crippen LogP contribution in [-0.2, 0) is 16.6 Å². The molecule has 3 aliphatic rings. The van der Waals surface area contributed by atoms with E-state index in [1.165, 1.54) is 30.4 Å². The van der Waals surface area contributed by atoms with Crippen molar-refractivity contribution in [2.75, 3.05) is 32.7 Å². The van der Waals surface area contributed by atoms with Crippen LogP contribution < -0.4 is 5.32 Å². The number of hydrogen-bond acceptors (Lipinski definition) is 2. The molecular formula is C20H27N3O2. The summed E-state index contributed by atoms with van der Waals surface area (Å²) in [6.45, 7) is 5.12. The van der Waals surface area contributed by atoms with E-state index in [0.29, 0.717) is 24.4 Å². The zero-order chi connectivity index (χ0) is 17.4. The molecule has 2 aliphatic carbocycles. The van der Waals surface area contributed by atoms with E-state index >= 15 is 0 Å². The highest BCUT2D eigenvalue weighted by Crippen LogP contribution is 2.61. The molecule has 134 valence electrons. The lowest BCUT2D eigenvalue weighted by molar-refractivity contribution is -0.128. The Kier molecular flexibility index (Phi) is 4.18. The summed E-state index contributed by atoms with van der Waals surface area (Å²) in [5.41, 5.74) is 3.34. The van der Waals surface area contributed by atoms with Crippen LogP contribution in [0.1, 0.15) is 37.3 Å². The molecule has 1 N–H and O–H groups in total. The SMILES string of the molecule is CC(=O)N1CCCN(C(=O)NCC2CC23CCc2ccccc23)CC1. The first kappa shape index (κ1) is 16.4. The van der Waals surface area contributed by atoms with Gasteiger partial charge in [-0.25, -0.2) is 4.79 Å². The van der Waals surface area contributed by atoms with Crippen molar-refractivity contribution < 1.29 is 9.59 Å². The van der Waals surface area contributed by atoms with Crippen molar-refractivity contribution in [1.82, 2.24) is 15.1 Å². The first-order chi connectivity index (χ1) is 12.1. The summed E-state index contributed by atoms with van der Waals surface area (Å²) in [6.07, 6.45) is 4.45. The molecule has 1 saturated carbocycles. The van der Waals surface area contributed by atoms with Crippen LogP contribution in [0.5, 0.6) is 0 Å². The Morgan fingerprint density at radius 3 is 2.76 bits per heavy atom. The van der Waals surface area contributed by atoms with Crippen molar-refractivity contribution in [2.45, 2.75) is 38.0 Å². The Labute approximate surface area is 149 Å². The Morgan fingerprint density at radius 1 is 1.16 bits per heavy atom. The van der Waals surface area contributed by atoms with Crippen LogP contribution in [0.4, 0.5) is 4.79 Å².